The Balaban J connectivity index is 1.91. The van der Waals surface area contributed by atoms with Gasteiger partial charge in [-0.15, -0.1) is 0 Å². The molecule has 1 fully saturated rings. The van der Waals surface area contributed by atoms with Gasteiger partial charge in [0.25, 0.3) is 0 Å². The molecule has 1 aliphatic rings. The fourth-order valence-electron chi connectivity index (χ4n) is 1.77. The quantitative estimate of drug-likeness (QED) is 0.733. The first kappa shape index (κ1) is 9.33. The highest BCUT2D eigenvalue weighted by molar-refractivity contribution is 5.76. The molecule has 0 radical (unpaired) electrons. The van der Waals surface area contributed by atoms with Crippen LogP contribution < -0.4 is 0 Å². The van der Waals surface area contributed by atoms with E-state index in [4.69, 9.17) is 0 Å². The van der Waals surface area contributed by atoms with Crippen LogP contribution in [0.25, 0.3) is 11.3 Å². The number of rotatable bonds is 3. The maximum Gasteiger partial charge on any atom is 0.150 e. The summed E-state index contributed by atoms with van der Waals surface area (Å²) in [5.41, 5.74) is 2.74. The molecular weight excluding hydrogens is 200 g/mol. The van der Waals surface area contributed by atoms with Crippen molar-refractivity contribution in [1.82, 2.24) is 9.78 Å². The van der Waals surface area contributed by atoms with E-state index in [0.29, 0.717) is 11.6 Å². The lowest BCUT2D eigenvalue weighted by Gasteiger charge is -1.98. The summed E-state index contributed by atoms with van der Waals surface area (Å²) in [7, 11) is 0. The Bertz CT molecular complexity index is 509. The number of hydrogen-bond donors (Lipinski definition) is 0. The molecule has 1 aromatic heterocycles. The second kappa shape index (κ2) is 3.59. The van der Waals surface area contributed by atoms with Crippen molar-refractivity contribution >= 4 is 6.29 Å². The summed E-state index contributed by atoms with van der Waals surface area (Å²) >= 11 is 0. The SMILES string of the molecule is O=Cc1ccc(-c2ccn(C3CC3)n2)cc1. The van der Waals surface area contributed by atoms with Crippen molar-refractivity contribution in [3.63, 3.8) is 0 Å². The van der Waals surface area contributed by atoms with Gasteiger partial charge in [0, 0.05) is 17.3 Å². The lowest BCUT2D eigenvalue weighted by molar-refractivity contribution is 0.112. The Kier molecular flexibility index (Phi) is 2.10. The molecular formula is C13H12N2O. The van der Waals surface area contributed by atoms with Gasteiger partial charge in [-0.25, -0.2) is 0 Å². The summed E-state index contributed by atoms with van der Waals surface area (Å²) < 4.78 is 2.03. The number of carbonyl (C=O) groups is 1. The number of carbonyl (C=O) groups excluding carboxylic acids is 1. The monoisotopic (exact) mass is 212 g/mol. The maximum atomic E-state index is 10.5. The molecule has 80 valence electrons. The van der Waals surface area contributed by atoms with Gasteiger partial charge < -0.3 is 0 Å². The summed E-state index contributed by atoms with van der Waals surface area (Å²) in [6.45, 7) is 0. The summed E-state index contributed by atoms with van der Waals surface area (Å²) in [5, 5.41) is 4.53. The first-order valence-corrected chi connectivity index (χ1v) is 5.47. The zero-order valence-corrected chi connectivity index (χ0v) is 8.84. The third-order valence-electron chi connectivity index (χ3n) is 2.87. The van der Waals surface area contributed by atoms with Crippen molar-refractivity contribution in [2.24, 2.45) is 0 Å². The lowest BCUT2D eigenvalue weighted by atomic mass is 10.1. The summed E-state index contributed by atoms with van der Waals surface area (Å²) in [4.78, 5) is 10.5. The molecule has 16 heavy (non-hydrogen) atoms. The molecule has 0 N–H and O–H groups in total. The molecule has 0 amide bonds. The minimum absolute atomic E-state index is 0.614. The Labute approximate surface area is 93.7 Å². The molecule has 1 aromatic carbocycles. The molecule has 3 rings (SSSR count). The third-order valence-corrected chi connectivity index (χ3v) is 2.87. The molecule has 0 saturated heterocycles. The van der Waals surface area contributed by atoms with E-state index in [1.54, 1.807) is 0 Å². The molecule has 2 aromatic rings. The maximum absolute atomic E-state index is 10.5. The van der Waals surface area contributed by atoms with Crippen LogP contribution in [0.4, 0.5) is 0 Å². The molecule has 1 saturated carbocycles. The summed E-state index contributed by atoms with van der Waals surface area (Å²) in [6, 6.07) is 10.1. The summed E-state index contributed by atoms with van der Waals surface area (Å²) in [6.07, 6.45) is 5.36. The van der Waals surface area contributed by atoms with Gasteiger partial charge in [0.1, 0.15) is 6.29 Å². The summed E-state index contributed by atoms with van der Waals surface area (Å²) in [5.74, 6) is 0. The van der Waals surface area contributed by atoms with Gasteiger partial charge in [-0.2, -0.15) is 5.10 Å². The van der Waals surface area contributed by atoms with Crippen molar-refractivity contribution in [3.8, 4) is 11.3 Å². The number of hydrogen-bond acceptors (Lipinski definition) is 2. The van der Waals surface area contributed by atoms with Crippen molar-refractivity contribution < 1.29 is 4.79 Å². The molecule has 0 bridgehead atoms. The molecule has 0 unspecified atom stereocenters. The van der Waals surface area contributed by atoms with Crippen LogP contribution in [0, 0.1) is 0 Å². The van der Waals surface area contributed by atoms with E-state index in [-0.39, 0.29) is 0 Å². The lowest BCUT2D eigenvalue weighted by Crippen LogP contribution is -1.93. The van der Waals surface area contributed by atoms with E-state index in [1.807, 2.05) is 41.2 Å². The number of benzene rings is 1. The number of aromatic nitrogens is 2. The average Bonchev–Trinajstić information content (AvgIpc) is 3.08. The minimum atomic E-state index is 0.614. The van der Waals surface area contributed by atoms with Gasteiger partial charge in [0.2, 0.25) is 0 Å². The van der Waals surface area contributed by atoms with Gasteiger partial charge in [0.15, 0.2) is 0 Å². The fourth-order valence-corrected chi connectivity index (χ4v) is 1.77. The topological polar surface area (TPSA) is 34.9 Å². The molecule has 3 nitrogen and oxygen atoms in total. The predicted octanol–water partition coefficient (Wildman–Crippen LogP) is 2.70. The molecule has 1 aliphatic carbocycles. The van der Waals surface area contributed by atoms with Crippen LogP contribution in [-0.2, 0) is 0 Å². The largest absolute Gasteiger partial charge is 0.298 e. The highest BCUT2D eigenvalue weighted by Gasteiger charge is 2.24. The first-order valence-electron chi connectivity index (χ1n) is 5.47. The fraction of sp³-hybridized carbons (Fsp3) is 0.231. The highest BCUT2D eigenvalue weighted by Crippen LogP contribution is 2.34. The van der Waals surface area contributed by atoms with E-state index < -0.39 is 0 Å². The van der Waals surface area contributed by atoms with Gasteiger partial charge in [0.05, 0.1) is 11.7 Å². The van der Waals surface area contributed by atoms with E-state index in [0.717, 1.165) is 17.5 Å². The highest BCUT2D eigenvalue weighted by atomic mass is 16.1. The van der Waals surface area contributed by atoms with Gasteiger partial charge >= 0.3 is 0 Å². The second-order valence-electron chi connectivity index (χ2n) is 4.15. The van der Waals surface area contributed by atoms with Crippen molar-refractivity contribution in [2.45, 2.75) is 18.9 Å². The van der Waals surface area contributed by atoms with Crippen LogP contribution in [0.15, 0.2) is 36.5 Å². The molecule has 0 atom stereocenters. The van der Waals surface area contributed by atoms with Gasteiger partial charge in [-0.3, -0.25) is 9.48 Å². The van der Waals surface area contributed by atoms with Gasteiger partial charge in [-0.1, -0.05) is 24.3 Å². The number of aldehydes is 1. The van der Waals surface area contributed by atoms with E-state index >= 15 is 0 Å². The normalized spacial score (nSPS) is 15.0. The van der Waals surface area contributed by atoms with E-state index in [1.165, 1.54) is 12.8 Å². The Morgan fingerprint density at radius 2 is 1.94 bits per heavy atom. The molecule has 0 spiro atoms. The van der Waals surface area contributed by atoms with Crippen LogP contribution in [0.5, 0.6) is 0 Å². The smallest absolute Gasteiger partial charge is 0.150 e. The molecule has 1 heterocycles. The first-order chi connectivity index (χ1) is 7.86. The van der Waals surface area contributed by atoms with Crippen molar-refractivity contribution in [1.29, 1.82) is 0 Å². The Morgan fingerprint density at radius 3 is 2.56 bits per heavy atom. The second-order valence-corrected chi connectivity index (χ2v) is 4.15. The molecule has 3 heteroatoms. The third kappa shape index (κ3) is 1.65. The zero-order chi connectivity index (χ0) is 11.0. The Morgan fingerprint density at radius 1 is 1.19 bits per heavy atom. The van der Waals surface area contributed by atoms with Crippen LogP contribution in [0.3, 0.4) is 0 Å². The Hall–Kier alpha value is -1.90. The van der Waals surface area contributed by atoms with Gasteiger partial charge in [-0.05, 0) is 18.9 Å². The zero-order valence-electron chi connectivity index (χ0n) is 8.84. The van der Waals surface area contributed by atoms with Crippen LogP contribution in [-0.4, -0.2) is 16.1 Å². The number of nitrogens with zero attached hydrogens (tertiary/aromatic N) is 2. The standard InChI is InChI=1S/C13H12N2O/c16-9-10-1-3-11(4-2-10)13-7-8-15(14-13)12-5-6-12/h1-4,7-9,12H,5-6H2. The molecule has 0 aliphatic heterocycles. The average molecular weight is 212 g/mol. The van der Waals surface area contributed by atoms with E-state index in [9.17, 15) is 4.79 Å². The van der Waals surface area contributed by atoms with Crippen LogP contribution in [0.2, 0.25) is 0 Å². The van der Waals surface area contributed by atoms with Crippen LogP contribution >= 0.6 is 0 Å². The van der Waals surface area contributed by atoms with Crippen molar-refractivity contribution in [3.05, 3.63) is 42.1 Å². The minimum Gasteiger partial charge on any atom is -0.298 e. The predicted molar refractivity (Wildman–Crippen MR) is 61.3 cm³/mol. The van der Waals surface area contributed by atoms with Crippen molar-refractivity contribution in [2.75, 3.05) is 0 Å². The van der Waals surface area contributed by atoms with E-state index in [2.05, 4.69) is 5.10 Å². The van der Waals surface area contributed by atoms with Crippen LogP contribution in [0.1, 0.15) is 29.2 Å².